The first kappa shape index (κ1) is 14.4. The maximum Gasteiger partial charge on any atom is 0.0716 e. The second kappa shape index (κ2) is 5.83. The van der Waals surface area contributed by atoms with E-state index in [1.165, 1.54) is 36.9 Å². The second-order valence-electron chi connectivity index (χ2n) is 6.04. The predicted octanol–water partition coefficient (Wildman–Crippen LogP) is 6.78. The summed E-state index contributed by atoms with van der Waals surface area (Å²) in [5.74, 6) is 0. The van der Waals surface area contributed by atoms with Crippen molar-refractivity contribution in [1.82, 2.24) is 4.98 Å². The number of hydrogen-bond acceptors (Lipinski definition) is 2. The Labute approximate surface area is 150 Å². The van der Waals surface area contributed by atoms with Gasteiger partial charge in [0.15, 0.2) is 0 Å². The molecule has 3 aromatic carbocycles. The maximum absolute atomic E-state index is 4.58. The molecule has 5 aromatic rings. The summed E-state index contributed by atoms with van der Waals surface area (Å²) in [6, 6.07) is 29.8. The Bertz CT molecular complexity index is 1170. The minimum Gasteiger partial charge on any atom is -0.256 e. The van der Waals surface area contributed by atoms with Crippen molar-refractivity contribution in [3.8, 4) is 22.4 Å². The zero-order valence-electron chi connectivity index (χ0n) is 13.5. The number of benzene rings is 3. The predicted molar refractivity (Wildman–Crippen MR) is 108 cm³/mol. The number of fused-ring (bicyclic) bond motifs is 3. The number of rotatable bonds is 2. The average molecular weight is 337 g/mol. The second-order valence-corrected chi connectivity index (χ2v) is 7.10. The van der Waals surface area contributed by atoms with Gasteiger partial charge in [0.2, 0.25) is 0 Å². The van der Waals surface area contributed by atoms with Gasteiger partial charge in [-0.25, -0.2) is 0 Å². The van der Waals surface area contributed by atoms with Gasteiger partial charge in [0.25, 0.3) is 0 Å². The molecule has 0 unspecified atom stereocenters. The van der Waals surface area contributed by atoms with Crippen LogP contribution >= 0.6 is 11.3 Å². The molecule has 0 N–H and O–H groups in total. The largest absolute Gasteiger partial charge is 0.256 e. The van der Waals surface area contributed by atoms with Gasteiger partial charge >= 0.3 is 0 Å². The quantitative estimate of drug-likeness (QED) is 0.346. The summed E-state index contributed by atoms with van der Waals surface area (Å²) in [4.78, 5) is 4.58. The van der Waals surface area contributed by atoms with Crippen molar-refractivity contribution in [1.29, 1.82) is 0 Å². The highest BCUT2D eigenvalue weighted by molar-refractivity contribution is 7.26. The average Bonchev–Trinajstić information content (AvgIpc) is 3.08. The molecule has 118 valence electrons. The van der Waals surface area contributed by atoms with Crippen molar-refractivity contribution in [2.75, 3.05) is 0 Å². The van der Waals surface area contributed by atoms with E-state index in [-0.39, 0.29) is 0 Å². The smallest absolute Gasteiger partial charge is 0.0716 e. The molecule has 5 rings (SSSR count). The summed E-state index contributed by atoms with van der Waals surface area (Å²) in [6.45, 7) is 0. The summed E-state index contributed by atoms with van der Waals surface area (Å²) in [5.41, 5.74) is 4.77. The van der Waals surface area contributed by atoms with Crippen LogP contribution < -0.4 is 0 Å². The van der Waals surface area contributed by atoms with Crippen LogP contribution in [0.15, 0.2) is 91.1 Å². The van der Waals surface area contributed by atoms with Crippen LogP contribution in [0.2, 0.25) is 0 Å². The Hall–Kier alpha value is -2.97. The molecule has 0 bridgehead atoms. The third-order valence-electron chi connectivity index (χ3n) is 4.55. The van der Waals surface area contributed by atoms with E-state index in [1.54, 1.807) is 0 Å². The molecule has 0 aliphatic rings. The summed E-state index contributed by atoms with van der Waals surface area (Å²) in [5, 5.41) is 2.65. The van der Waals surface area contributed by atoms with Crippen molar-refractivity contribution in [2.24, 2.45) is 0 Å². The van der Waals surface area contributed by atoms with Crippen LogP contribution in [0.5, 0.6) is 0 Å². The minimum atomic E-state index is 1.03. The maximum atomic E-state index is 4.58. The summed E-state index contributed by atoms with van der Waals surface area (Å²) in [6.07, 6.45) is 1.86. The van der Waals surface area contributed by atoms with E-state index in [0.717, 1.165) is 5.69 Å². The monoisotopic (exact) mass is 337 g/mol. The lowest BCUT2D eigenvalue weighted by Crippen LogP contribution is -1.85. The van der Waals surface area contributed by atoms with Crippen LogP contribution in [0.1, 0.15) is 0 Å². The van der Waals surface area contributed by atoms with Crippen molar-refractivity contribution in [3.05, 3.63) is 91.1 Å². The van der Waals surface area contributed by atoms with Crippen molar-refractivity contribution in [3.63, 3.8) is 0 Å². The highest BCUT2D eigenvalue weighted by atomic mass is 32.1. The van der Waals surface area contributed by atoms with E-state index in [9.17, 15) is 0 Å². The van der Waals surface area contributed by atoms with Crippen LogP contribution in [0.4, 0.5) is 0 Å². The van der Waals surface area contributed by atoms with E-state index in [4.69, 9.17) is 0 Å². The highest BCUT2D eigenvalue weighted by Crippen LogP contribution is 2.44. The molecule has 2 aromatic heterocycles. The molecule has 0 atom stereocenters. The van der Waals surface area contributed by atoms with Gasteiger partial charge < -0.3 is 0 Å². The molecule has 0 aliphatic heterocycles. The van der Waals surface area contributed by atoms with Gasteiger partial charge in [-0.3, -0.25) is 4.98 Å². The fourth-order valence-corrected chi connectivity index (χ4v) is 4.66. The van der Waals surface area contributed by atoms with Crippen LogP contribution in [0, 0.1) is 0 Å². The van der Waals surface area contributed by atoms with E-state index in [0.29, 0.717) is 0 Å². The Morgan fingerprint density at radius 3 is 2.24 bits per heavy atom. The SMILES string of the molecule is c1ccc(-c2ccc(-c3ccccn3)c3sc4ccccc4c23)cc1. The van der Waals surface area contributed by atoms with Crippen LogP contribution in [-0.2, 0) is 0 Å². The molecule has 25 heavy (non-hydrogen) atoms. The molecule has 0 amide bonds. The number of pyridine rings is 1. The molecule has 0 saturated heterocycles. The van der Waals surface area contributed by atoms with Gasteiger partial charge in [-0.1, -0.05) is 66.7 Å². The fourth-order valence-electron chi connectivity index (χ4n) is 3.41. The molecular weight excluding hydrogens is 322 g/mol. The van der Waals surface area contributed by atoms with Crippen LogP contribution in [-0.4, -0.2) is 4.98 Å². The topological polar surface area (TPSA) is 12.9 Å². The Balaban J connectivity index is 1.92. The number of nitrogens with zero attached hydrogens (tertiary/aromatic N) is 1. The minimum absolute atomic E-state index is 1.03. The summed E-state index contributed by atoms with van der Waals surface area (Å²) in [7, 11) is 0. The van der Waals surface area contributed by atoms with E-state index in [2.05, 4.69) is 77.8 Å². The van der Waals surface area contributed by atoms with Crippen LogP contribution in [0.3, 0.4) is 0 Å². The standard InChI is InChI=1S/C23H15NS/c1-2-8-16(9-3-1)17-13-14-18(20-11-6-7-15-24-20)23-22(17)19-10-4-5-12-21(19)25-23/h1-15H. The lowest BCUT2D eigenvalue weighted by Gasteiger charge is -2.08. The molecule has 0 saturated carbocycles. The Morgan fingerprint density at radius 2 is 1.40 bits per heavy atom. The molecule has 2 heteroatoms. The fraction of sp³-hybridized carbons (Fsp3) is 0. The van der Waals surface area contributed by atoms with Crippen molar-refractivity contribution >= 4 is 31.5 Å². The van der Waals surface area contributed by atoms with E-state index < -0.39 is 0 Å². The molecule has 0 spiro atoms. The Kier molecular flexibility index (Phi) is 3.36. The Morgan fingerprint density at radius 1 is 0.640 bits per heavy atom. The first-order valence-electron chi connectivity index (χ1n) is 8.33. The third-order valence-corrected chi connectivity index (χ3v) is 5.76. The van der Waals surface area contributed by atoms with Crippen molar-refractivity contribution in [2.45, 2.75) is 0 Å². The van der Waals surface area contributed by atoms with Gasteiger partial charge in [0, 0.05) is 31.9 Å². The lowest BCUT2D eigenvalue weighted by atomic mass is 9.96. The first-order valence-corrected chi connectivity index (χ1v) is 9.14. The zero-order chi connectivity index (χ0) is 16.6. The molecule has 2 heterocycles. The molecule has 1 nitrogen and oxygen atoms in total. The normalized spacial score (nSPS) is 11.2. The van der Waals surface area contributed by atoms with Crippen LogP contribution in [0.25, 0.3) is 42.6 Å². The molecule has 0 fully saturated rings. The number of hydrogen-bond donors (Lipinski definition) is 0. The van der Waals surface area contributed by atoms with Gasteiger partial charge in [-0.2, -0.15) is 0 Å². The van der Waals surface area contributed by atoms with Crippen molar-refractivity contribution < 1.29 is 0 Å². The lowest BCUT2D eigenvalue weighted by molar-refractivity contribution is 1.33. The first-order chi connectivity index (χ1) is 12.4. The van der Waals surface area contributed by atoms with Gasteiger partial charge in [0.1, 0.15) is 0 Å². The summed E-state index contributed by atoms with van der Waals surface area (Å²) >= 11 is 1.85. The third kappa shape index (κ3) is 2.34. The van der Waals surface area contributed by atoms with E-state index >= 15 is 0 Å². The summed E-state index contributed by atoms with van der Waals surface area (Å²) < 4.78 is 2.62. The molecular formula is C23H15NS. The van der Waals surface area contributed by atoms with E-state index in [1.807, 2.05) is 29.7 Å². The van der Waals surface area contributed by atoms with Gasteiger partial charge in [-0.15, -0.1) is 11.3 Å². The van der Waals surface area contributed by atoms with Gasteiger partial charge in [-0.05, 0) is 29.3 Å². The molecule has 0 aliphatic carbocycles. The number of thiophene rings is 1. The van der Waals surface area contributed by atoms with Gasteiger partial charge in [0.05, 0.1) is 5.69 Å². The number of aromatic nitrogens is 1. The molecule has 0 radical (unpaired) electrons. The zero-order valence-corrected chi connectivity index (χ0v) is 14.3. The highest BCUT2D eigenvalue weighted by Gasteiger charge is 2.15.